The quantitative estimate of drug-likeness (QED) is 0.765. The highest BCUT2D eigenvalue weighted by atomic mass is 79.9. The predicted octanol–water partition coefficient (Wildman–Crippen LogP) is 3.57. The van der Waals surface area contributed by atoms with Gasteiger partial charge in [0.15, 0.2) is 0 Å². The van der Waals surface area contributed by atoms with Crippen molar-refractivity contribution in [2.75, 3.05) is 27.9 Å². The number of alkyl halides is 1. The van der Waals surface area contributed by atoms with Gasteiger partial charge >= 0.3 is 0 Å². The zero-order valence-corrected chi connectivity index (χ0v) is 13.9. The third-order valence-corrected chi connectivity index (χ3v) is 4.74. The lowest BCUT2D eigenvalue weighted by molar-refractivity contribution is 0.0923. The third kappa shape index (κ3) is 2.88. The van der Waals surface area contributed by atoms with Crippen molar-refractivity contribution in [1.29, 1.82) is 0 Å². The molecular weight excluding hydrogens is 324 g/mol. The minimum atomic E-state index is 0.0239. The first-order valence-corrected chi connectivity index (χ1v) is 7.59. The summed E-state index contributed by atoms with van der Waals surface area (Å²) >= 11 is 3.76. The van der Waals surface area contributed by atoms with Crippen LogP contribution in [0.1, 0.15) is 23.7 Å². The van der Waals surface area contributed by atoms with Gasteiger partial charge in [-0.15, -0.1) is 0 Å². The largest absolute Gasteiger partial charge is 0.496 e. The summed E-state index contributed by atoms with van der Waals surface area (Å²) in [6.45, 7) is 3.00. The molecule has 20 heavy (non-hydrogen) atoms. The molecule has 5 heteroatoms. The zero-order chi connectivity index (χ0) is 14.7. The van der Waals surface area contributed by atoms with Crippen molar-refractivity contribution >= 4 is 15.9 Å². The molecule has 1 heterocycles. The Morgan fingerprint density at radius 2 is 1.75 bits per heavy atom. The van der Waals surface area contributed by atoms with Gasteiger partial charge in [0.1, 0.15) is 17.2 Å². The summed E-state index contributed by atoms with van der Waals surface area (Å²) in [5.74, 6) is 2.69. The van der Waals surface area contributed by atoms with E-state index in [0.717, 1.165) is 30.1 Å². The molecule has 3 atom stereocenters. The van der Waals surface area contributed by atoms with Gasteiger partial charge in [-0.05, 0) is 12.3 Å². The van der Waals surface area contributed by atoms with Crippen LogP contribution < -0.4 is 14.2 Å². The first kappa shape index (κ1) is 15.4. The maximum absolute atomic E-state index is 5.85. The van der Waals surface area contributed by atoms with E-state index in [1.165, 1.54) is 0 Å². The van der Waals surface area contributed by atoms with Crippen molar-refractivity contribution in [1.82, 2.24) is 0 Å². The smallest absolute Gasteiger partial charge is 0.130 e. The van der Waals surface area contributed by atoms with Gasteiger partial charge in [0, 0.05) is 18.7 Å². The van der Waals surface area contributed by atoms with Gasteiger partial charge in [-0.1, -0.05) is 22.9 Å². The van der Waals surface area contributed by atoms with Crippen LogP contribution in [0, 0.1) is 5.92 Å². The molecule has 2 rings (SSSR count). The molecule has 0 spiro atoms. The highest BCUT2D eigenvalue weighted by molar-refractivity contribution is 9.09. The van der Waals surface area contributed by atoms with Gasteiger partial charge in [0.25, 0.3) is 0 Å². The number of hydrogen-bond donors (Lipinski definition) is 0. The average Bonchev–Trinajstić information content (AvgIpc) is 2.91. The molecule has 0 saturated carbocycles. The van der Waals surface area contributed by atoms with Crippen LogP contribution in [-0.4, -0.2) is 34.0 Å². The molecular formula is C15H21BrO4. The number of hydrogen-bond acceptors (Lipinski definition) is 4. The fourth-order valence-electron chi connectivity index (χ4n) is 2.56. The number of halogens is 1. The minimum absolute atomic E-state index is 0.0239. The normalized spacial score (nSPS) is 23.4. The van der Waals surface area contributed by atoms with Crippen molar-refractivity contribution in [3.63, 3.8) is 0 Å². The molecule has 0 aromatic heterocycles. The molecule has 1 aliphatic heterocycles. The van der Waals surface area contributed by atoms with Gasteiger partial charge in [-0.3, -0.25) is 0 Å². The number of rotatable bonds is 5. The highest BCUT2D eigenvalue weighted by Crippen LogP contribution is 2.46. The molecule has 0 amide bonds. The Morgan fingerprint density at radius 3 is 2.15 bits per heavy atom. The number of methoxy groups -OCH3 is 3. The number of benzene rings is 1. The Labute approximate surface area is 128 Å². The van der Waals surface area contributed by atoms with Crippen LogP contribution in [0.2, 0.25) is 0 Å². The maximum Gasteiger partial charge on any atom is 0.130 e. The van der Waals surface area contributed by atoms with Crippen molar-refractivity contribution in [3.05, 3.63) is 17.7 Å². The molecule has 1 aromatic rings. The summed E-state index contributed by atoms with van der Waals surface area (Å²) in [6, 6.07) is 3.73. The molecule has 112 valence electrons. The van der Waals surface area contributed by atoms with Crippen LogP contribution in [0.4, 0.5) is 0 Å². The molecule has 4 nitrogen and oxygen atoms in total. The van der Waals surface area contributed by atoms with Gasteiger partial charge in [0.2, 0.25) is 0 Å². The second-order valence-electron chi connectivity index (χ2n) is 4.95. The molecule has 1 aromatic carbocycles. The zero-order valence-electron chi connectivity index (χ0n) is 12.3. The Bertz CT molecular complexity index is 438. The molecule has 3 unspecified atom stereocenters. The van der Waals surface area contributed by atoms with Crippen LogP contribution >= 0.6 is 15.9 Å². The summed E-state index contributed by atoms with van der Waals surface area (Å²) in [5.41, 5.74) is 0.967. The van der Waals surface area contributed by atoms with Crippen molar-refractivity contribution in [2.45, 2.75) is 24.3 Å². The lowest BCUT2D eigenvalue weighted by Crippen LogP contribution is -2.20. The lowest BCUT2D eigenvalue weighted by atomic mass is 9.96. The van der Waals surface area contributed by atoms with Crippen LogP contribution in [0.3, 0.4) is 0 Å². The van der Waals surface area contributed by atoms with E-state index in [1.807, 2.05) is 12.1 Å². The standard InChI is InChI=1S/C15H21BrO4/c1-9-5-6-20-15(9)14(16)13-11(18-3)7-10(17-2)8-12(13)19-4/h7-9,14-15H,5-6H2,1-4H3. The summed E-state index contributed by atoms with van der Waals surface area (Å²) < 4.78 is 22.1. The summed E-state index contributed by atoms with van der Waals surface area (Å²) in [4.78, 5) is 0.0239. The first-order chi connectivity index (χ1) is 9.62. The van der Waals surface area contributed by atoms with Crippen molar-refractivity contribution in [3.8, 4) is 17.2 Å². The average molecular weight is 345 g/mol. The van der Waals surface area contributed by atoms with Gasteiger partial charge < -0.3 is 18.9 Å². The monoisotopic (exact) mass is 344 g/mol. The van der Waals surface area contributed by atoms with E-state index in [2.05, 4.69) is 22.9 Å². The van der Waals surface area contributed by atoms with Crippen LogP contribution in [-0.2, 0) is 4.74 Å². The fraction of sp³-hybridized carbons (Fsp3) is 0.600. The fourth-order valence-corrected chi connectivity index (χ4v) is 3.69. The third-order valence-electron chi connectivity index (χ3n) is 3.76. The Morgan fingerprint density at radius 1 is 1.15 bits per heavy atom. The van der Waals surface area contributed by atoms with Gasteiger partial charge in [0.05, 0.1) is 37.8 Å². The molecule has 0 N–H and O–H groups in total. The molecule has 0 aliphatic carbocycles. The van der Waals surface area contributed by atoms with E-state index in [9.17, 15) is 0 Å². The topological polar surface area (TPSA) is 36.9 Å². The Hall–Kier alpha value is -0.940. The summed E-state index contributed by atoms with van der Waals surface area (Å²) in [6.07, 6.45) is 1.19. The van der Waals surface area contributed by atoms with Crippen LogP contribution in [0.25, 0.3) is 0 Å². The van der Waals surface area contributed by atoms with Crippen LogP contribution in [0.5, 0.6) is 17.2 Å². The Kier molecular flexibility index (Phi) is 5.16. The van der Waals surface area contributed by atoms with E-state index < -0.39 is 0 Å². The molecule has 0 radical (unpaired) electrons. The van der Waals surface area contributed by atoms with Crippen LogP contribution in [0.15, 0.2) is 12.1 Å². The highest BCUT2D eigenvalue weighted by Gasteiger charge is 2.35. The molecule has 1 saturated heterocycles. The van der Waals surface area contributed by atoms with E-state index in [1.54, 1.807) is 21.3 Å². The second-order valence-corrected chi connectivity index (χ2v) is 5.94. The van der Waals surface area contributed by atoms with E-state index in [0.29, 0.717) is 11.7 Å². The summed E-state index contributed by atoms with van der Waals surface area (Å²) in [7, 11) is 4.92. The Balaban J connectivity index is 2.42. The maximum atomic E-state index is 5.85. The second kappa shape index (κ2) is 6.68. The molecule has 1 fully saturated rings. The van der Waals surface area contributed by atoms with Gasteiger partial charge in [-0.2, -0.15) is 0 Å². The van der Waals surface area contributed by atoms with E-state index in [-0.39, 0.29) is 10.9 Å². The SMILES string of the molecule is COc1cc(OC)c(C(Br)C2OCCC2C)c(OC)c1. The van der Waals surface area contributed by atoms with Gasteiger partial charge in [-0.25, -0.2) is 0 Å². The molecule has 0 bridgehead atoms. The van der Waals surface area contributed by atoms with E-state index >= 15 is 0 Å². The minimum Gasteiger partial charge on any atom is -0.496 e. The van der Waals surface area contributed by atoms with E-state index in [4.69, 9.17) is 18.9 Å². The summed E-state index contributed by atoms with van der Waals surface area (Å²) in [5, 5.41) is 0. The number of ether oxygens (including phenoxy) is 4. The first-order valence-electron chi connectivity index (χ1n) is 6.68. The van der Waals surface area contributed by atoms with Crippen molar-refractivity contribution in [2.24, 2.45) is 5.92 Å². The lowest BCUT2D eigenvalue weighted by Gasteiger charge is -2.25. The molecule has 1 aliphatic rings. The predicted molar refractivity (Wildman–Crippen MR) is 81.3 cm³/mol. The van der Waals surface area contributed by atoms with Crippen molar-refractivity contribution < 1.29 is 18.9 Å².